The average molecular weight is 344 g/mol. The van der Waals surface area contributed by atoms with Crippen LogP contribution in [0.2, 0.25) is 0 Å². The molecule has 0 radical (unpaired) electrons. The molecule has 2 aromatic rings. The Balaban J connectivity index is 1.60. The Morgan fingerprint density at radius 3 is 2.17 bits per heavy atom. The van der Waals surface area contributed by atoms with E-state index in [-0.39, 0.29) is 0 Å². The minimum absolute atomic E-state index is 0.433. The molecular formula is C19H24N2O2S. The number of hydrogen-bond donors (Lipinski definition) is 0. The average Bonchev–Trinajstić information content (AvgIpc) is 2.61. The van der Waals surface area contributed by atoms with E-state index >= 15 is 0 Å². The standard InChI is InChI=1S/C19H24N2O2S/c1-24(22,23)19-10-6-5-9-18(19)21-15-13-20(14-16-21)12-11-17-7-3-2-4-8-17/h2-10H,11-16H2,1H3. The molecule has 0 N–H and O–H groups in total. The van der Waals surface area contributed by atoms with Crippen molar-refractivity contribution in [1.29, 1.82) is 0 Å². The number of benzene rings is 2. The minimum Gasteiger partial charge on any atom is -0.368 e. The normalized spacial score (nSPS) is 16.3. The van der Waals surface area contributed by atoms with Gasteiger partial charge in [0, 0.05) is 39.0 Å². The molecule has 0 aromatic heterocycles. The third kappa shape index (κ3) is 4.16. The Kier molecular flexibility index (Phi) is 5.21. The van der Waals surface area contributed by atoms with Gasteiger partial charge in [-0.2, -0.15) is 0 Å². The van der Waals surface area contributed by atoms with E-state index in [9.17, 15) is 8.42 Å². The molecule has 1 aliphatic heterocycles. The Morgan fingerprint density at radius 2 is 1.50 bits per heavy atom. The summed E-state index contributed by atoms with van der Waals surface area (Å²) in [6.07, 6.45) is 2.34. The fourth-order valence-electron chi connectivity index (χ4n) is 3.18. The van der Waals surface area contributed by atoms with Gasteiger partial charge >= 0.3 is 0 Å². The molecule has 0 bridgehead atoms. The Hall–Kier alpha value is -1.85. The van der Waals surface area contributed by atoms with E-state index in [1.807, 2.05) is 18.2 Å². The van der Waals surface area contributed by atoms with Gasteiger partial charge in [-0.25, -0.2) is 8.42 Å². The summed E-state index contributed by atoms with van der Waals surface area (Å²) in [5, 5.41) is 0. The number of hydrogen-bond acceptors (Lipinski definition) is 4. The van der Waals surface area contributed by atoms with E-state index in [2.05, 4.69) is 34.1 Å². The van der Waals surface area contributed by atoms with Crippen LogP contribution in [0, 0.1) is 0 Å². The molecule has 0 spiro atoms. The lowest BCUT2D eigenvalue weighted by atomic mass is 10.1. The van der Waals surface area contributed by atoms with Gasteiger partial charge in [0.15, 0.2) is 9.84 Å². The van der Waals surface area contributed by atoms with Crippen molar-refractivity contribution in [1.82, 2.24) is 4.90 Å². The zero-order valence-corrected chi connectivity index (χ0v) is 14.9. The van der Waals surface area contributed by atoms with Crippen LogP contribution in [0.25, 0.3) is 0 Å². The second-order valence-corrected chi connectivity index (χ2v) is 8.29. The lowest BCUT2D eigenvalue weighted by Crippen LogP contribution is -2.47. The van der Waals surface area contributed by atoms with Crippen molar-refractivity contribution in [3.8, 4) is 0 Å². The van der Waals surface area contributed by atoms with Crippen LogP contribution >= 0.6 is 0 Å². The van der Waals surface area contributed by atoms with Gasteiger partial charge in [-0.05, 0) is 24.1 Å². The monoisotopic (exact) mass is 344 g/mol. The summed E-state index contributed by atoms with van der Waals surface area (Å²) in [6, 6.07) is 17.8. The quantitative estimate of drug-likeness (QED) is 0.835. The fourth-order valence-corrected chi connectivity index (χ4v) is 4.08. The summed E-state index contributed by atoms with van der Waals surface area (Å²) in [4.78, 5) is 5.07. The lowest BCUT2D eigenvalue weighted by molar-refractivity contribution is 0.260. The van der Waals surface area contributed by atoms with Crippen LogP contribution in [0.1, 0.15) is 5.56 Å². The van der Waals surface area contributed by atoms with E-state index in [4.69, 9.17) is 0 Å². The number of anilines is 1. The van der Waals surface area contributed by atoms with Gasteiger partial charge < -0.3 is 4.90 Å². The van der Waals surface area contributed by atoms with Gasteiger partial charge in [0.05, 0.1) is 10.6 Å². The van der Waals surface area contributed by atoms with Crippen LogP contribution in [0.15, 0.2) is 59.5 Å². The second kappa shape index (κ2) is 7.36. The Labute approximate surface area is 144 Å². The number of rotatable bonds is 5. The summed E-state index contributed by atoms with van der Waals surface area (Å²) in [7, 11) is -3.20. The third-order valence-electron chi connectivity index (χ3n) is 4.54. The van der Waals surface area contributed by atoms with Crippen LogP contribution in [0.5, 0.6) is 0 Å². The third-order valence-corrected chi connectivity index (χ3v) is 5.68. The molecule has 5 heteroatoms. The van der Waals surface area contributed by atoms with Crippen molar-refractivity contribution in [2.75, 3.05) is 43.9 Å². The zero-order chi connectivity index (χ0) is 17.0. The molecule has 3 rings (SSSR count). The first-order valence-electron chi connectivity index (χ1n) is 8.34. The second-order valence-electron chi connectivity index (χ2n) is 6.30. The van der Waals surface area contributed by atoms with Crippen LogP contribution < -0.4 is 4.90 Å². The maximum atomic E-state index is 12.0. The fraction of sp³-hybridized carbons (Fsp3) is 0.368. The molecule has 2 aromatic carbocycles. The molecule has 4 nitrogen and oxygen atoms in total. The number of sulfone groups is 1. The van der Waals surface area contributed by atoms with Gasteiger partial charge in [0.2, 0.25) is 0 Å². The molecule has 0 aliphatic carbocycles. The molecular weight excluding hydrogens is 320 g/mol. The van der Waals surface area contributed by atoms with E-state index in [1.54, 1.807) is 12.1 Å². The number of piperazine rings is 1. The summed E-state index contributed by atoms with van der Waals surface area (Å²) in [6.45, 7) is 4.70. The molecule has 0 atom stereocenters. The van der Waals surface area contributed by atoms with E-state index in [0.717, 1.165) is 44.8 Å². The molecule has 0 unspecified atom stereocenters. The summed E-state index contributed by atoms with van der Waals surface area (Å²) in [5.41, 5.74) is 2.20. The smallest absolute Gasteiger partial charge is 0.177 e. The largest absolute Gasteiger partial charge is 0.368 e. The highest BCUT2D eigenvalue weighted by Crippen LogP contribution is 2.25. The molecule has 1 heterocycles. The maximum absolute atomic E-state index is 12.0. The van der Waals surface area contributed by atoms with E-state index < -0.39 is 9.84 Å². The first-order valence-corrected chi connectivity index (χ1v) is 10.2. The molecule has 128 valence electrons. The van der Waals surface area contributed by atoms with E-state index in [0.29, 0.717) is 4.90 Å². The molecule has 0 amide bonds. The highest BCUT2D eigenvalue weighted by molar-refractivity contribution is 7.90. The van der Waals surface area contributed by atoms with Crippen LogP contribution in [0.3, 0.4) is 0 Å². The molecule has 1 aliphatic rings. The topological polar surface area (TPSA) is 40.6 Å². The van der Waals surface area contributed by atoms with Crippen molar-refractivity contribution in [2.24, 2.45) is 0 Å². The van der Waals surface area contributed by atoms with Gasteiger partial charge in [-0.15, -0.1) is 0 Å². The van der Waals surface area contributed by atoms with E-state index in [1.165, 1.54) is 11.8 Å². The van der Waals surface area contributed by atoms with Crippen molar-refractivity contribution in [3.63, 3.8) is 0 Å². The predicted molar refractivity (Wildman–Crippen MR) is 98.4 cm³/mol. The lowest BCUT2D eigenvalue weighted by Gasteiger charge is -2.36. The number of para-hydroxylation sites is 1. The van der Waals surface area contributed by atoms with Crippen molar-refractivity contribution in [3.05, 3.63) is 60.2 Å². The summed E-state index contributed by atoms with van der Waals surface area (Å²) >= 11 is 0. The highest BCUT2D eigenvalue weighted by atomic mass is 32.2. The summed E-state index contributed by atoms with van der Waals surface area (Å²) < 4.78 is 24.0. The van der Waals surface area contributed by atoms with Gasteiger partial charge in [0.1, 0.15) is 0 Å². The summed E-state index contributed by atoms with van der Waals surface area (Å²) in [5.74, 6) is 0. The van der Waals surface area contributed by atoms with Crippen LogP contribution in [-0.4, -0.2) is 52.3 Å². The minimum atomic E-state index is -3.20. The van der Waals surface area contributed by atoms with Crippen LogP contribution in [-0.2, 0) is 16.3 Å². The maximum Gasteiger partial charge on any atom is 0.177 e. The Bertz CT molecular complexity index is 767. The van der Waals surface area contributed by atoms with Crippen LogP contribution in [0.4, 0.5) is 5.69 Å². The first-order chi connectivity index (χ1) is 11.5. The van der Waals surface area contributed by atoms with Gasteiger partial charge in [-0.1, -0.05) is 42.5 Å². The zero-order valence-electron chi connectivity index (χ0n) is 14.1. The molecule has 1 saturated heterocycles. The van der Waals surface area contributed by atoms with Gasteiger partial charge in [-0.3, -0.25) is 4.90 Å². The SMILES string of the molecule is CS(=O)(=O)c1ccccc1N1CCN(CCc2ccccc2)CC1. The molecule has 1 fully saturated rings. The molecule has 0 saturated carbocycles. The van der Waals surface area contributed by atoms with Crippen molar-refractivity contribution < 1.29 is 8.42 Å². The predicted octanol–water partition coefficient (Wildman–Crippen LogP) is 2.45. The number of nitrogens with zero attached hydrogens (tertiary/aromatic N) is 2. The first kappa shape index (κ1) is 17.0. The van der Waals surface area contributed by atoms with Gasteiger partial charge in [0.25, 0.3) is 0 Å². The molecule has 24 heavy (non-hydrogen) atoms. The Morgan fingerprint density at radius 1 is 0.875 bits per heavy atom. The van der Waals surface area contributed by atoms with Crippen molar-refractivity contribution in [2.45, 2.75) is 11.3 Å². The highest BCUT2D eigenvalue weighted by Gasteiger charge is 2.21. The van der Waals surface area contributed by atoms with Crippen molar-refractivity contribution >= 4 is 15.5 Å².